The van der Waals surface area contributed by atoms with Crippen LogP contribution in [0, 0.1) is 0 Å². The number of aliphatic carboxylic acids is 1. The first-order valence-electron chi connectivity index (χ1n) is 4.13. The molecule has 0 heterocycles. The first-order chi connectivity index (χ1) is 5.39. The van der Waals surface area contributed by atoms with E-state index in [4.69, 9.17) is 10.8 Å². The number of carbonyl (C=O) groups is 1. The Labute approximate surface area is 73.6 Å². The largest absolute Gasteiger partial charge is 0.477 e. The van der Waals surface area contributed by atoms with Crippen molar-refractivity contribution in [3.8, 4) is 0 Å². The molecule has 12 heavy (non-hydrogen) atoms. The van der Waals surface area contributed by atoms with E-state index in [1.807, 2.05) is 21.1 Å². The molecule has 72 valence electrons. The van der Waals surface area contributed by atoms with Crippen LogP contribution < -0.4 is 5.73 Å². The van der Waals surface area contributed by atoms with Gasteiger partial charge in [-0.1, -0.05) is 0 Å². The topological polar surface area (TPSA) is 63.3 Å². The number of carboxylic acid groups (broad SMARTS) is 1. The monoisotopic (exact) mass is 175 g/mol. The van der Waals surface area contributed by atoms with Crippen molar-refractivity contribution in [2.45, 2.75) is 18.9 Å². The van der Waals surface area contributed by atoms with Crippen LogP contribution in [0.5, 0.6) is 0 Å². The molecule has 0 aliphatic rings. The van der Waals surface area contributed by atoms with Crippen LogP contribution in [0.1, 0.15) is 12.8 Å². The molecule has 0 radical (unpaired) electrons. The van der Waals surface area contributed by atoms with Crippen LogP contribution in [0.3, 0.4) is 0 Å². The second-order valence-corrected chi connectivity index (χ2v) is 3.90. The van der Waals surface area contributed by atoms with E-state index < -0.39 is 5.97 Å². The lowest BCUT2D eigenvalue weighted by molar-refractivity contribution is -0.887. The molecule has 0 aliphatic carbocycles. The zero-order valence-corrected chi connectivity index (χ0v) is 8.08. The molecule has 0 aromatic carbocycles. The van der Waals surface area contributed by atoms with Gasteiger partial charge in [-0.05, 0) is 13.0 Å². The Balaban J connectivity index is 4.15. The summed E-state index contributed by atoms with van der Waals surface area (Å²) in [6, 6.07) is -0.339. The summed E-state index contributed by atoms with van der Waals surface area (Å²) in [5, 5.41) is 8.88. The molecule has 0 aromatic heterocycles. The summed E-state index contributed by atoms with van der Waals surface area (Å²) >= 11 is 0. The standard InChI is InChI=1S/C8H18N2O2/c1-10(2,3)7(8(11)12)5-4-6-9/h7H,4-6,9H2,1-3H3/p+1/t7-/m1/s1. The van der Waals surface area contributed by atoms with Gasteiger partial charge in [0.1, 0.15) is 0 Å². The van der Waals surface area contributed by atoms with Gasteiger partial charge < -0.3 is 15.3 Å². The van der Waals surface area contributed by atoms with Crippen molar-refractivity contribution in [1.82, 2.24) is 0 Å². The molecule has 0 spiro atoms. The lowest BCUT2D eigenvalue weighted by Crippen LogP contribution is -2.49. The second-order valence-electron chi connectivity index (χ2n) is 3.90. The minimum absolute atomic E-state index is 0.339. The molecule has 0 aliphatic heterocycles. The third-order valence-corrected chi connectivity index (χ3v) is 1.90. The first kappa shape index (κ1) is 11.4. The van der Waals surface area contributed by atoms with Gasteiger partial charge >= 0.3 is 5.97 Å². The summed E-state index contributed by atoms with van der Waals surface area (Å²) in [7, 11) is 5.65. The third-order valence-electron chi connectivity index (χ3n) is 1.90. The molecule has 3 N–H and O–H groups in total. The number of rotatable bonds is 5. The van der Waals surface area contributed by atoms with Gasteiger partial charge in [0.15, 0.2) is 6.04 Å². The lowest BCUT2D eigenvalue weighted by atomic mass is 10.1. The maximum atomic E-state index is 10.8. The second kappa shape index (κ2) is 4.42. The molecular formula is C8H19N2O2+. The summed E-state index contributed by atoms with van der Waals surface area (Å²) in [4.78, 5) is 10.8. The molecule has 0 saturated carbocycles. The van der Waals surface area contributed by atoms with Crippen molar-refractivity contribution in [2.75, 3.05) is 27.7 Å². The molecule has 4 nitrogen and oxygen atoms in total. The normalized spacial score (nSPS) is 14.3. The Morgan fingerprint density at radius 2 is 2.00 bits per heavy atom. The summed E-state index contributed by atoms with van der Waals surface area (Å²) in [5.74, 6) is -0.740. The number of nitrogens with zero attached hydrogens (tertiary/aromatic N) is 1. The molecule has 1 atom stereocenters. The van der Waals surface area contributed by atoms with Gasteiger partial charge in [0.25, 0.3) is 0 Å². The van der Waals surface area contributed by atoms with Crippen LogP contribution in [-0.4, -0.2) is 49.3 Å². The number of nitrogens with two attached hydrogens (primary N) is 1. The fraction of sp³-hybridized carbons (Fsp3) is 0.875. The van der Waals surface area contributed by atoms with Crippen LogP contribution in [0.4, 0.5) is 0 Å². The van der Waals surface area contributed by atoms with Gasteiger partial charge in [-0.25, -0.2) is 4.79 Å². The van der Waals surface area contributed by atoms with E-state index in [0.29, 0.717) is 17.4 Å². The van der Waals surface area contributed by atoms with Gasteiger partial charge in [-0.15, -0.1) is 0 Å². The maximum Gasteiger partial charge on any atom is 0.362 e. The highest BCUT2D eigenvalue weighted by atomic mass is 16.4. The predicted molar refractivity (Wildman–Crippen MR) is 47.7 cm³/mol. The van der Waals surface area contributed by atoms with E-state index in [2.05, 4.69) is 0 Å². The lowest BCUT2D eigenvalue weighted by Gasteiger charge is -2.30. The van der Waals surface area contributed by atoms with Crippen molar-refractivity contribution in [1.29, 1.82) is 0 Å². The van der Waals surface area contributed by atoms with E-state index in [0.717, 1.165) is 6.42 Å². The predicted octanol–water partition coefficient (Wildman–Crippen LogP) is -0.115. The Morgan fingerprint density at radius 3 is 2.25 bits per heavy atom. The van der Waals surface area contributed by atoms with Crippen LogP contribution in [0.2, 0.25) is 0 Å². The van der Waals surface area contributed by atoms with Crippen LogP contribution in [0.25, 0.3) is 0 Å². The van der Waals surface area contributed by atoms with Crippen molar-refractivity contribution in [3.63, 3.8) is 0 Å². The number of carboxylic acids is 1. The SMILES string of the molecule is C[N+](C)(C)[C@H](CCCN)C(=O)O. The van der Waals surface area contributed by atoms with Gasteiger partial charge in [0.2, 0.25) is 0 Å². The highest BCUT2D eigenvalue weighted by Gasteiger charge is 2.30. The third kappa shape index (κ3) is 3.69. The van der Waals surface area contributed by atoms with Crippen molar-refractivity contribution in [3.05, 3.63) is 0 Å². The fourth-order valence-electron chi connectivity index (χ4n) is 1.15. The van der Waals surface area contributed by atoms with Crippen molar-refractivity contribution in [2.24, 2.45) is 5.73 Å². The van der Waals surface area contributed by atoms with E-state index in [-0.39, 0.29) is 6.04 Å². The average molecular weight is 175 g/mol. The molecular weight excluding hydrogens is 156 g/mol. The number of quaternary nitrogens is 1. The van der Waals surface area contributed by atoms with E-state index in [1.54, 1.807) is 0 Å². The summed E-state index contributed by atoms with van der Waals surface area (Å²) in [6.45, 7) is 0.559. The molecule has 0 fully saturated rings. The summed E-state index contributed by atoms with van der Waals surface area (Å²) in [6.07, 6.45) is 1.42. The van der Waals surface area contributed by atoms with Crippen LogP contribution in [-0.2, 0) is 4.79 Å². The summed E-state index contributed by atoms with van der Waals surface area (Å²) in [5.41, 5.74) is 5.32. The van der Waals surface area contributed by atoms with Gasteiger partial charge in [-0.2, -0.15) is 0 Å². The zero-order chi connectivity index (χ0) is 9.78. The quantitative estimate of drug-likeness (QED) is 0.573. The smallest absolute Gasteiger partial charge is 0.362 e. The first-order valence-corrected chi connectivity index (χ1v) is 4.13. The van der Waals surface area contributed by atoms with E-state index in [9.17, 15) is 4.79 Å². The molecule has 0 saturated heterocycles. The fourth-order valence-corrected chi connectivity index (χ4v) is 1.15. The maximum absolute atomic E-state index is 10.8. The van der Waals surface area contributed by atoms with Crippen molar-refractivity contribution >= 4 is 5.97 Å². The molecule has 0 unspecified atom stereocenters. The van der Waals surface area contributed by atoms with Gasteiger partial charge in [0.05, 0.1) is 21.1 Å². The van der Waals surface area contributed by atoms with Gasteiger partial charge in [0, 0.05) is 6.42 Å². The minimum Gasteiger partial charge on any atom is -0.477 e. The number of hydrogen-bond donors (Lipinski definition) is 2. The van der Waals surface area contributed by atoms with Crippen LogP contribution >= 0.6 is 0 Å². The molecule has 0 rings (SSSR count). The summed E-state index contributed by atoms with van der Waals surface area (Å²) < 4.78 is 0.454. The Morgan fingerprint density at radius 1 is 1.50 bits per heavy atom. The van der Waals surface area contributed by atoms with E-state index in [1.165, 1.54) is 0 Å². The zero-order valence-electron chi connectivity index (χ0n) is 8.08. The number of likely N-dealkylation sites (N-methyl/N-ethyl adjacent to an activating group) is 1. The van der Waals surface area contributed by atoms with Gasteiger partial charge in [-0.3, -0.25) is 0 Å². The van der Waals surface area contributed by atoms with Crippen LogP contribution in [0.15, 0.2) is 0 Å². The molecule has 0 amide bonds. The highest BCUT2D eigenvalue weighted by molar-refractivity contribution is 5.72. The van der Waals surface area contributed by atoms with E-state index >= 15 is 0 Å². The number of hydrogen-bond acceptors (Lipinski definition) is 2. The Hall–Kier alpha value is -0.610. The minimum atomic E-state index is -0.740. The molecule has 0 aromatic rings. The average Bonchev–Trinajstić information content (AvgIpc) is 1.84. The molecule has 4 heteroatoms. The Bertz CT molecular complexity index is 152. The van der Waals surface area contributed by atoms with Crippen molar-refractivity contribution < 1.29 is 14.4 Å². The highest BCUT2D eigenvalue weighted by Crippen LogP contribution is 2.09. The Kier molecular flexibility index (Phi) is 4.20. The molecule has 0 bridgehead atoms.